The van der Waals surface area contributed by atoms with Crippen molar-refractivity contribution in [1.29, 1.82) is 0 Å². The zero-order chi connectivity index (χ0) is 16.4. The van der Waals surface area contributed by atoms with Gasteiger partial charge in [-0.3, -0.25) is 9.59 Å². The molecule has 2 N–H and O–H groups in total. The van der Waals surface area contributed by atoms with Crippen molar-refractivity contribution in [2.75, 3.05) is 32.7 Å². The van der Waals surface area contributed by atoms with Crippen molar-refractivity contribution >= 4 is 5.91 Å². The molecule has 0 bridgehead atoms. The molecular weight excluding hydrogens is 296 g/mol. The minimum atomic E-state index is -0.723. The Labute approximate surface area is 135 Å². The molecule has 2 saturated heterocycles. The summed E-state index contributed by atoms with van der Waals surface area (Å²) in [7, 11) is 0. The van der Waals surface area contributed by atoms with Gasteiger partial charge >= 0.3 is 0 Å². The third kappa shape index (κ3) is 3.61. The lowest BCUT2D eigenvalue weighted by atomic mass is 9.90. The van der Waals surface area contributed by atoms with Gasteiger partial charge in [0.2, 0.25) is 0 Å². The van der Waals surface area contributed by atoms with Gasteiger partial charge in [-0.25, -0.2) is 4.98 Å². The van der Waals surface area contributed by atoms with Crippen LogP contribution < -0.4 is 5.56 Å². The molecule has 126 valence electrons. The number of H-pyrrole nitrogens is 1. The highest BCUT2D eigenvalue weighted by atomic mass is 16.3. The molecule has 7 heteroatoms. The molecule has 0 aromatic carbocycles. The summed E-state index contributed by atoms with van der Waals surface area (Å²) in [5.74, 6) is 0.187. The minimum Gasteiger partial charge on any atom is -0.388 e. The number of rotatable bonds is 3. The summed E-state index contributed by atoms with van der Waals surface area (Å²) >= 11 is 0. The molecule has 3 heterocycles. The number of aromatic nitrogens is 2. The van der Waals surface area contributed by atoms with E-state index < -0.39 is 11.2 Å². The first-order chi connectivity index (χ1) is 11.0. The van der Waals surface area contributed by atoms with Crippen molar-refractivity contribution in [2.24, 2.45) is 0 Å². The molecule has 7 nitrogen and oxygen atoms in total. The van der Waals surface area contributed by atoms with E-state index in [4.69, 9.17) is 0 Å². The smallest absolute Gasteiger partial charge is 0.263 e. The van der Waals surface area contributed by atoms with E-state index in [1.54, 1.807) is 11.8 Å². The summed E-state index contributed by atoms with van der Waals surface area (Å²) in [6.07, 6.45) is 4.83. The molecule has 1 amide bonds. The van der Waals surface area contributed by atoms with E-state index >= 15 is 0 Å². The van der Waals surface area contributed by atoms with Crippen LogP contribution in [-0.2, 0) is 0 Å². The van der Waals surface area contributed by atoms with Crippen molar-refractivity contribution in [3.63, 3.8) is 0 Å². The highest BCUT2D eigenvalue weighted by Gasteiger charge is 2.36. The van der Waals surface area contributed by atoms with Gasteiger partial charge in [-0.1, -0.05) is 0 Å². The summed E-state index contributed by atoms with van der Waals surface area (Å²) in [5.41, 5.74) is -1.06. The van der Waals surface area contributed by atoms with Gasteiger partial charge in [0.25, 0.3) is 11.5 Å². The topological polar surface area (TPSA) is 89.5 Å². The summed E-state index contributed by atoms with van der Waals surface area (Å²) in [6.45, 7) is 5.40. The zero-order valence-electron chi connectivity index (χ0n) is 13.5. The normalized spacial score (nSPS) is 21.6. The number of β-amino-alcohol motifs (C(OH)–C–C–N with tert-alkyl or cyclic N) is 1. The van der Waals surface area contributed by atoms with Crippen LogP contribution in [0.4, 0.5) is 0 Å². The van der Waals surface area contributed by atoms with E-state index in [1.807, 2.05) is 0 Å². The number of aliphatic hydroxyl groups is 1. The molecule has 0 aliphatic carbocycles. The van der Waals surface area contributed by atoms with Crippen LogP contribution in [0.5, 0.6) is 0 Å². The lowest BCUT2D eigenvalue weighted by Gasteiger charge is -2.40. The van der Waals surface area contributed by atoms with Crippen LogP contribution in [0.2, 0.25) is 0 Å². The summed E-state index contributed by atoms with van der Waals surface area (Å²) in [6, 6.07) is 0. The molecule has 23 heavy (non-hydrogen) atoms. The lowest BCUT2D eigenvalue weighted by Crippen LogP contribution is -2.52. The average molecular weight is 320 g/mol. The Bertz CT molecular complexity index is 628. The highest BCUT2D eigenvalue weighted by Crippen LogP contribution is 2.25. The number of likely N-dealkylation sites (tertiary alicyclic amines) is 2. The standard InChI is InChI=1S/C16H24N4O3/c1-12-17-10-13(14(21)18-12)15(22)20-8-4-16(23,5-9-20)11-19-6-2-3-7-19/h10,23H,2-9,11H2,1H3,(H,17,18,21). The first-order valence-electron chi connectivity index (χ1n) is 8.27. The molecule has 0 unspecified atom stereocenters. The zero-order valence-corrected chi connectivity index (χ0v) is 13.5. The fraction of sp³-hybridized carbons (Fsp3) is 0.688. The van der Waals surface area contributed by atoms with Crippen molar-refractivity contribution in [3.05, 3.63) is 27.9 Å². The quantitative estimate of drug-likeness (QED) is 0.827. The van der Waals surface area contributed by atoms with E-state index in [1.165, 1.54) is 19.0 Å². The third-order valence-corrected chi connectivity index (χ3v) is 4.85. The number of hydrogen-bond acceptors (Lipinski definition) is 5. The van der Waals surface area contributed by atoms with E-state index in [0.29, 0.717) is 38.3 Å². The Hall–Kier alpha value is -1.73. The van der Waals surface area contributed by atoms with Crippen LogP contribution >= 0.6 is 0 Å². The van der Waals surface area contributed by atoms with Crippen LogP contribution in [0, 0.1) is 6.92 Å². The van der Waals surface area contributed by atoms with Crippen LogP contribution in [0.15, 0.2) is 11.0 Å². The largest absolute Gasteiger partial charge is 0.388 e. The van der Waals surface area contributed by atoms with Crippen molar-refractivity contribution in [3.8, 4) is 0 Å². The van der Waals surface area contributed by atoms with Crippen LogP contribution in [0.1, 0.15) is 41.9 Å². The number of aromatic amines is 1. The SMILES string of the molecule is Cc1ncc(C(=O)N2CCC(O)(CN3CCCC3)CC2)c(=O)[nH]1. The molecule has 0 spiro atoms. The van der Waals surface area contributed by atoms with Crippen molar-refractivity contribution in [2.45, 2.75) is 38.2 Å². The predicted octanol–water partition coefficient (Wildman–Crippen LogP) is 0.141. The third-order valence-electron chi connectivity index (χ3n) is 4.85. The number of amides is 1. The van der Waals surface area contributed by atoms with E-state index in [9.17, 15) is 14.7 Å². The monoisotopic (exact) mass is 320 g/mol. The summed E-state index contributed by atoms with van der Waals surface area (Å²) < 4.78 is 0. The molecular formula is C16H24N4O3. The lowest BCUT2D eigenvalue weighted by molar-refractivity contribution is -0.0367. The average Bonchev–Trinajstić information content (AvgIpc) is 3.00. The van der Waals surface area contributed by atoms with Gasteiger partial charge in [0.1, 0.15) is 11.4 Å². The molecule has 0 radical (unpaired) electrons. The fourth-order valence-corrected chi connectivity index (χ4v) is 3.45. The maximum Gasteiger partial charge on any atom is 0.263 e. The van der Waals surface area contributed by atoms with Gasteiger partial charge in [0, 0.05) is 25.8 Å². The Morgan fingerprint density at radius 2 is 1.96 bits per heavy atom. The second-order valence-electron chi connectivity index (χ2n) is 6.71. The van der Waals surface area contributed by atoms with Crippen LogP contribution in [-0.4, -0.2) is 69.1 Å². The molecule has 2 aliphatic rings. The molecule has 1 aromatic rings. The molecule has 0 saturated carbocycles. The maximum absolute atomic E-state index is 12.5. The molecule has 1 aromatic heterocycles. The van der Waals surface area contributed by atoms with Gasteiger partial charge in [0.05, 0.1) is 5.60 Å². The number of piperidine rings is 1. The summed E-state index contributed by atoms with van der Waals surface area (Å²) in [4.78, 5) is 34.8. The first-order valence-corrected chi connectivity index (χ1v) is 8.27. The van der Waals surface area contributed by atoms with Gasteiger partial charge in [-0.05, 0) is 45.7 Å². The van der Waals surface area contributed by atoms with Crippen molar-refractivity contribution in [1.82, 2.24) is 19.8 Å². The van der Waals surface area contributed by atoms with Gasteiger partial charge in [-0.2, -0.15) is 0 Å². The van der Waals surface area contributed by atoms with Crippen LogP contribution in [0.3, 0.4) is 0 Å². The predicted molar refractivity (Wildman–Crippen MR) is 85.4 cm³/mol. The second kappa shape index (κ2) is 6.41. The minimum absolute atomic E-state index is 0.0700. The Kier molecular flexibility index (Phi) is 4.50. The molecule has 2 fully saturated rings. The Balaban J connectivity index is 1.61. The number of nitrogens with one attached hydrogen (secondary N) is 1. The van der Waals surface area contributed by atoms with Gasteiger partial charge in [-0.15, -0.1) is 0 Å². The van der Waals surface area contributed by atoms with Crippen LogP contribution in [0.25, 0.3) is 0 Å². The molecule has 0 atom stereocenters. The first kappa shape index (κ1) is 16.1. The van der Waals surface area contributed by atoms with Crippen molar-refractivity contribution < 1.29 is 9.90 Å². The number of carbonyl (C=O) groups is 1. The Morgan fingerprint density at radius 1 is 1.30 bits per heavy atom. The second-order valence-corrected chi connectivity index (χ2v) is 6.71. The molecule has 2 aliphatic heterocycles. The molecule has 3 rings (SSSR count). The number of hydrogen-bond donors (Lipinski definition) is 2. The maximum atomic E-state index is 12.5. The summed E-state index contributed by atoms with van der Waals surface area (Å²) in [5, 5.41) is 10.7. The van der Waals surface area contributed by atoms with E-state index in [-0.39, 0.29) is 11.5 Å². The fourth-order valence-electron chi connectivity index (χ4n) is 3.45. The highest BCUT2D eigenvalue weighted by molar-refractivity contribution is 5.93. The van der Waals surface area contributed by atoms with E-state index in [2.05, 4.69) is 14.9 Å². The number of nitrogens with zero attached hydrogens (tertiary/aromatic N) is 3. The van der Waals surface area contributed by atoms with Gasteiger partial charge < -0.3 is 19.9 Å². The number of aryl methyl sites for hydroxylation is 1. The van der Waals surface area contributed by atoms with E-state index in [0.717, 1.165) is 13.1 Å². The van der Waals surface area contributed by atoms with Gasteiger partial charge in [0.15, 0.2) is 0 Å². The Morgan fingerprint density at radius 3 is 2.57 bits per heavy atom. The number of carbonyl (C=O) groups excluding carboxylic acids is 1.